The van der Waals surface area contributed by atoms with E-state index in [0.717, 1.165) is 6.92 Å². The minimum atomic E-state index is -2.93. The van der Waals surface area contributed by atoms with Crippen molar-refractivity contribution in [3.8, 4) is 6.01 Å². The van der Waals surface area contributed by atoms with Crippen LogP contribution in [0, 0.1) is 0 Å². The molecular weight excluding hydrogens is 304 g/mol. The summed E-state index contributed by atoms with van der Waals surface area (Å²) in [5.74, 6) is 2.33. The first kappa shape index (κ1) is 16.5. The second-order valence-electron chi connectivity index (χ2n) is 4.64. The van der Waals surface area contributed by atoms with Gasteiger partial charge in [-0.15, -0.1) is 0 Å². The van der Waals surface area contributed by atoms with Crippen molar-refractivity contribution in [2.45, 2.75) is 12.8 Å². The molecule has 1 aromatic heterocycles. The Kier molecular flexibility index (Phi) is 5.29. The van der Waals surface area contributed by atoms with Crippen LogP contribution in [-0.2, 0) is 5.92 Å². The number of hydrogen-bond acceptors (Lipinski definition) is 6. The Morgan fingerprint density at radius 3 is 2.70 bits per heavy atom. The zero-order valence-corrected chi connectivity index (χ0v) is 12.4. The van der Waals surface area contributed by atoms with E-state index in [1.165, 1.54) is 36.8 Å². The van der Waals surface area contributed by atoms with E-state index >= 15 is 0 Å². The standard InChI is InChI=1S/C15H15F2N5O/c1-15(16,17)11-4-2-5-12(8-11)21-9-13(22-18)10-23-14-19-6-3-7-20-14/h2-9H,10,18H2,1H3. The molecular formula is C15H15F2N5O. The summed E-state index contributed by atoms with van der Waals surface area (Å²) < 4.78 is 31.8. The van der Waals surface area contributed by atoms with Gasteiger partial charge in [0.25, 0.3) is 5.92 Å². The number of nitrogens with zero attached hydrogens (tertiary/aromatic N) is 4. The van der Waals surface area contributed by atoms with Crippen molar-refractivity contribution in [1.82, 2.24) is 9.97 Å². The van der Waals surface area contributed by atoms with Crippen LogP contribution in [0.3, 0.4) is 0 Å². The molecule has 120 valence electrons. The fourth-order valence-corrected chi connectivity index (χ4v) is 1.61. The van der Waals surface area contributed by atoms with Crippen LogP contribution in [0.25, 0.3) is 0 Å². The second-order valence-corrected chi connectivity index (χ2v) is 4.64. The summed E-state index contributed by atoms with van der Waals surface area (Å²) >= 11 is 0. The first-order valence-electron chi connectivity index (χ1n) is 6.68. The van der Waals surface area contributed by atoms with Crippen LogP contribution in [0.4, 0.5) is 14.5 Å². The lowest BCUT2D eigenvalue weighted by Gasteiger charge is -2.10. The molecule has 1 heterocycles. The first-order valence-corrected chi connectivity index (χ1v) is 6.68. The smallest absolute Gasteiger partial charge is 0.316 e. The Morgan fingerprint density at radius 1 is 1.30 bits per heavy atom. The fraction of sp³-hybridized carbons (Fsp3) is 0.200. The molecule has 0 aliphatic rings. The number of aromatic nitrogens is 2. The monoisotopic (exact) mass is 319 g/mol. The highest BCUT2D eigenvalue weighted by Gasteiger charge is 2.23. The summed E-state index contributed by atoms with van der Waals surface area (Å²) in [5.41, 5.74) is 0.555. The van der Waals surface area contributed by atoms with E-state index in [-0.39, 0.29) is 18.2 Å². The molecule has 2 rings (SSSR count). The number of ether oxygens (including phenoxy) is 1. The molecule has 0 unspecified atom stereocenters. The average Bonchev–Trinajstić information content (AvgIpc) is 2.55. The lowest BCUT2D eigenvalue weighted by Crippen LogP contribution is -2.15. The Balaban J connectivity index is 2.03. The van der Waals surface area contributed by atoms with Gasteiger partial charge in [-0.3, -0.25) is 4.99 Å². The summed E-state index contributed by atoms with van der Waals surface area (Å²) in [6.07, 6.45) is 4.41. The molecule has 0 spiro atoms. The minimum absolute atomic E-state index is 0.00758. The summed E-state index contributed by atoms with van der Waals surface area (Å²) in [4.78, 5) is 11.8. The van der Waals surface area contributed by atoms with E-state index in [9.17, 15) is 8.78 Å². The number of hydrazone groups is 1. The lowest BCUT2D eigenvalue weighted by molar-refractivity contribution is 0.0175. The first-order chi connectivity index (χ1) is 11.0. The summed E-state index contributed by atoms with van der Waals surface area (Å²) in [7, 11) is 0. The Hall–Kier alpha value is -2.90. The van der Waals surface area contributed by atoms with E-state index in [0.29, 0.717) is 11.4 Å². The molecule has 0 aliphatic carbocycles. The van der Waals surface area contributed by atoms with Crippen LogP contribution in [0.2, 0.25) is 0 Å². The van der Waals surface area contributed by atoms with Gasteiger partial charge in [0, 0.05) is 24.9 Å². The number of halogens is 2. The van der Waals surface area contributed by atoms with Gasteiger partial charge in [-0.1, -0.05) is 12.1 Å². The summed E-state index contributed by atoms with van der Waals surface area (Å²) in [6, 6.07) is 7.57. The summed E-state index contributed by atoms with van der Waals surface area (Å²) in [5, 5.41) is 3.53. The molecule has 0 fully saturated rings. The molecule has 1 aromatic carbocycles. The number of aliphatic imine (C=N–C) groups is 1. The van der Waals surface area contributed by atoms with Crippen molar-refractivity contribution in [3.63, 3.8) is 0 Å². The Labute approximate surface area is 131 Å². The third kappa shape index (κ3) is 5.10. The van der Waals surface area contributed by atoms with Crippen LogP contribution in [-0.4, -0.2) is 28.5 Å². The topological polar surface area (TPSA) is 85.8 Å². The Bertz CT molecular complexity index is 699. The molecule has 2 aromatic rings. The van der Waals surface area contributed by atoms with Gasteiger partial charge < -0.3 is 10.6 Å². The zero-order valence-electron chi connectivity index (χ0n) is 12.4. The van der Waals surface area contributed by atoms with E-state index in [4.69, 9.17) is 10.6 Å². The summed E-state index contributed by atoms with van der Waals surface area (Å²) in [6.45, 7) is 0.837. The Morgan fingerprint density at radius 2 is 2.04 bits per heavy atom. The van der Waals surface area contributed by atoms with E-state index in [1.807, 2.05) is 0 Å². The van der Waals surface area contributed by atoms with E-state index in [2.05, 4.69) is 20.1 Å². The van der Waals surface area contributed by atoms with Crippen molar-refractivity contribution in [2.75, 3.05) is 6.61 Å². The molecule has 2 N–H and O–H groups in total. The molecule has 23 heavy (non-hydrogen) atoms. The highest BCUT2D eigenvalue weighted by Crippen LogP contribution is 2.29. The van der Waals surface area contributed by atoms with Crippen molar-refractivity contribution in [3.05, 3.63) is 48.3 Å². The molecule has 8 heteroatoms. The molecule has 0 aliphatic heterocycles. The van der Waals surface area contributed by atoms with Gasteiger partial charge in [-0.2, -0.15) is 5.10 Å². The molecule has 0 saturated carbocycles. The number of benzene rings is 1. The van der Waals surface area contributed by atoms with Crippen LogP contribution >= 0.6 is 0 Å². The molecule has 0 amide bonds. The van der Waals surface area contributed by atoms with Crippen LogP contribution in [0.1, 0.15) is 12.5 Å². The van der Waals surface area contributed by atoms with Crippen LogP contribution in [0.5, 0.6) is 6.01 Å². The number of alkyl halides is 2. The van der Waals surface area contributed by atoms with Crippen molar-refractivity contribution in [2.24, 2.45) is 15.9 Å². The van der Waals surface area contributed by atoms with Gasteiger partial charge in [0.2, 0.25) is 0 Å². The molecule has 0 bridgehead atoms. The normalized spacial score (nSPS) is 12.6. The number of rotatable bonds is 6. The predicted molar refractivity (Wildman–Crippen MR) is 83.3 cm³/mol. The van der Waals surface area contributed by atoms with E-state index < -0.39 is 5.92 Å². The highest BCUT2D eigenvalue weighted by molar-refractivity contribution is 6.31. The maximum atomic E-state index is 13.3. The molecule has 0 atom stereocenters. The zero-order chi connectivity index (χ0) is 16.7. The minimum Gasteiger partial charge on any atom is -0.457 e. The van der Waals surface area contributed by atoms with Crippen LogP contribution in [0.15, 0.2) is 52.8 Å². The van der Waals surface area contributed by atoms with Crippen LogP contribution < -0.4 is 10.6 Å². The molecule has 0 radical (unpaired) electrons. The van der Waals surface area contributed by atoms with Gasteiger partial charge in [-0.05, 0) is 18.2 Å². The molecule has 6 nitrogen and oxygen atoms in total. The van der Waals surface area contributed by atoms with Crippen molar-refractivity contribution >= 4 is 17.6 Å². The van der Waals surface area contributed by atoms with Gasteiger partial charge in [0.05, 0.1) is 11.9 Å². The van der Waals surface area contributed by atoms with Crippen molar-refractivity contribution < 1.29 is 13.5 Å². The third-order valence-corrected chi connectivity index (χ3v) is 2.77. The van der Waals surface area contributed by atoms with Crippen molar-refractivity contribution in [1.29, 1.82) is 0 Å². The van der Waals surface area contributed by atoms with E-state index in [1.54, 1.807) is 12.1 Å². The van der Waals surface area contributed by atoms with Gasteiger partial charge in [0.1, 0.15) is 12.3 Å². The second kappa shape index (κ2) is 7.39. The van der Waals surface area contributed by atoms with Gasteiger partial charge in [0.15, 0.2) is 0 Å². The lowest BCUT2D eigenvalue weighted by atomic mass is 10.1. The molecule has 0 saturated heterocycles. The number of nitrogens with two attached hydrogens (primary N) is 1. The maximum absolute atomic E-state index is 13.3. The quantitative estimate of drug-likeness (QED) is 0.504. The SMILES string of the molecule is CC(F)(F)c1cccc(N=CC(COc2ncccn2)=NN)c1. The van der Waals surface area contributed by atoms with Gasteiger partial charge in [-0.25, -0.2) is 18.7 Å². The predicted octanol–water partition coefficient (Wildman–Crippen LogP) is 2.68. The fourth-order valence-electron chi connectivity index (χ4n) is 1.61. The number of hydrogen-bond donors (Lipinski definition) is 1. The average molecular weight is 319 g/mol. The maximum Gasteiger partial charge on any atom is 0.316 e. The highest BCUT2D eigenvalue weighted by atomic mass is 19.3. The largest absolute Gasteiger partial charge is 0.457 e. The third-order valence-electron chi connectivity index (χ3n) is 2.77. The van der Waals surface area contributed by atoms with Gasteiger partial charge >= 0.3 is 6.01 Å².